The Balaban J connectivity index is 1.36. The van der Waals surface area contributed by atoms with Crippen molar-refractivity contribution in [3.63, 3.8) is 0 Å². The number of amides is 3. The standard InChI is InChI=1S/C30H25ClN2O4/c1-19-7-5-8-20(13-19)17-33-29(34)26(32-30(33)35)15-21-14-25(31)28(27(16-21)36-2)37-18-23-11-6-10-22-9-3-4-12-24(22)23/h3-16H,17-18H2,1-2H3,(H,32,35)/b26-15+. The van der Waals surface area contributed by atoms with Gasteiger partial charge < -0.3 is 14.8 Å². The first-order valence-corrected chi connectivity index (χ1v) is 12.2. The van der Waals surface area contributed by atoms with E-state index in [1.54, 1.807) is 18.2 Å². The van der Waals surface area contributed by atoms with Gasteiger partial charge in [-0.1, -0.05) is 83.9 Å². The van der Waals surface area contributed by atoms with Crippen molar-refractivity contribution >= 4 is 40.4 Å². The number of urea groups is 1. The fourth-order valence-corrected chi connectivity index (χ4v) is 4.68. The highest BCUT2D eigenvalue weighted by Gasteiger charge is 2.33. The summed E-state index contributed by atoms with van der Waals surface area (Å²) >= 11 is 6.58. The molecule has 0 spiro atoms. The summed E-state index contributed by atoms with van der Waals surface area (Å²) in [6.07, 6.45) is 1.58. The molecule has 1 saturated heterocycles. The lowest BCUT2D eigenvalue weighted by Gasteiger charge is -2.14. The predicted molar refractivity (Wildman–Crippen MR) is 145 cm³/mol. The normalized spacial score (nSPS) is 14.4. The van der Waals surface area contributed by atoms with Crippen LogP contribution in [0.3, 0.4) is 0 Å². The van der Waals surface area contributed by atoms with Crippen molar-refractivity contribution in [1.82, 2.24) is 10.2 Å². The Bertz CT molecular complexity index is 1540. The number of methoxy groups -OCH3 is 1. The molecule has 7 heteroatoms. The maximum atomic E-state index is 13.0. The van der Waals surface area contributed by atoms with Gasteiger partial charge in [0.15, 0.2) is 11.5 Å². The molecule has 0 bridgehead atoms. The van der Waals surface area contributed by atoms with Crippen LogP contribution < -0.4 is 14.8 Å². The summed E-state index contributed by atoms with van der Waals surface area (Å²) in [4.78, 5) is 26.7. The maximum absolute atomic E-state index is 13.0. The molecule has 1 aliphatic heterocycles. The Hall–Kier alpha value is -4.29. The number of nitrogens with zero attached hydrogens (tertiary/aromatic N) is 1. The highest BCUT2D eigenvalue weighted by atomic mass is 35.5. The van der Waals surface area contributed by atoms with Crippen LogP contribution >= 0.6 is 11.6 Å². The van der Waals surface area contributed by atoms with E-state index in [1.807, 2.05) is 55.5 Å². The Kier molecular flexibility index (Phi) is 6.84. The summed E-state index contributed by atoms with van der Waals surface area (Å²) in [5.41, 5.74) is 3.72. The summed E-state index contributed by atoms with van der Waals surface area (Å²) in [5.74, 6) is 0.424. The lowest BCUT2D eigenvalue weighted by atomic mass is 10.1. The number of aryl methyl sites for hydroxylation is 1. The molecule has 1 heterocycles. The molecule has 0 atom stereocenters. The molecule has 1 aliphatic rings. The monoisotopic (exact) mass is 512 g/mol. The molecule has 37 heavy (non-hydrogen) atoms. The van der Waals surface area contributed by atoms with Crippen molar-refractivity contribution in [2.45, 2.75) is 20.1 Å². The number of hydrogen-bond acceptors (Lipinski definition) is 4. The van der Waals surface area contributed by atoms with Gasteiger partial charge in [0.25, 0.3) is 5.91 Å². The van der Waals surface area contributed by atoms with Crippen molar-refractivity contribution < 1.29 is 19.1 Å². The van der Waals surface area contributed by atoms with E-state index in [0.717, 1.165) is 27.5 Å². The molecular formula is C30H25ClN2O4. The van der Waals surface area contributed by atoms with Gasteiger partial charge in [-0.2, -0.15) is 0 Å². The molecule has 6 nitrogen and oxygen atoms in total. The van der Waals surface area contributed by atoms with Gasteiger partial charge in [-0.3, -0.25) is 9.69 Å². The number of carbonyl (C=O) groups is 2. The first-order chi connectivity index (χ1) is 17.9. The minimum absolute atomic E-state index is 0.167. The van der Waals surface area contributed by atoms with Crippen LogP contribution in [0.4, 0.5) is 4.79 Å². The average Bonchev–Trinajstić information content (AvgIpc) is 3.15. The molecule has 3 amide bonds. The van der Waals surface area contributed by atoms with Gasteiger partial charge in [0.2, 0.25) is 0 Å². The van der Waals surface area contributed by atoms with Crippen LogP contribution in [0.5, 0.6) is 11.5 Å². The number of imide groups is 1. The van der Waals surface area contributed by atoms with E-state index < -0.39 is 11.9 Å². The zero-order valence-corrected chi connectivity index (χ0v) is 21.2. The average molecular weight is 513 g/mol. The van der Waals surface area contributed by atoms with Crippen LogP contribution in [-0.2, 0) is 17.9 Å². The van der Waals surface area contributed by atoms with Crippen molar-refractivity contribution in [2.24, 2.45) is 0 Å². The first-order valence-electron chi connectivity index (χ1n) is 11.8. The quantitative estimate of drug-likeness (QED) is 0.227. The lowest BCUT2D eigenvalue weighted by molar-refractivity contribution is -0.123. The van der Waals surface area contributed by atoms with Crippen LogP contribution in [0.15, 0.2) is 84.6 Å². The van der Waals surface area contributed by atoms with Crippen molar-refractivity contribution in [1.29, 1.82) is 0 Å². The van der Waals surface area contributed by atoms with Crippen molar-refractivity contribution in [3.05, 3.63) is 112 Å². The van der Waals surface area contributed by atoms with Gasteiger partial charge in [-0.05, 0) is 52.6 Å². The summed E-state index contributed by atoms with van der Waals surface area (Å²) in [6.45, 7) is 2.46. The van der Waals surface area contributed by atoms with Gasteiger partial charge in [0.05, 0.1) is 18.7 Å². The van der Waals surface area contributed by atoms with E-state index in [1.165, 1.54) is 12.0 Å². The summed E-state index contributed by atoms with van der Waals surface area (Å²) < 4.78 is 11.6. The summed E-state index contributed by atoms with van der Waals surface area (Å²) in [5, 5.41) is 5.22. The Morgan fingerprint density at radius 1 is 0.973 bits per heavy atom. The Morgan fingerprint density at radius 3 is 2.57 bits per heavy atom. The van der Waals surface area contributed by atoms with E-state index in [9.17, 15) is 9.59 Å². The third-order valence-electron chi connectivity index (χ3n) is 6.20. The van der Waals surface area contributed by atoms with E-state index in [4.69, 9.17) is 21.1 Å². The van der Waals surface area contributed by atoms with E-state index in [-0.39, 0.29) is 12.2 Å². The SMILES string of the molecule is COc1cc(/C=C2/NC(=O)N(Cc3cccc(C)c3)C2=O)cc(Cl)c1OCc1cccc2ccccc12. The van der Waals surface area contributed by atoms with Gasteiger partial charge in [0.1, 0.15) is 12.3 Å². The minimum atomic E-state index is -0.467. The molecule has 4 aromatic carbocycles. The van der Waals surface area contributed by atoms with Gasteiger partial charge in [0, 0.05) is 0 Å². The fourth-order valence-electron chi connectivity index (χ4n) is 4.41. The first kappa shape index (κ1) is 24.4. The molecule has 5 rings (SSSR count). The van der Waals surface area contributed by atoms with Crippen molar-refractivity contribution in [3.8, 4) is 11.5 Å². The Labute approximate surface area is 220 Å². The van der Waals surface area contributed by atoms with Gasteiger partial charge >= 0.3 is 6.03 Å². The molecule has 1 fully saturated rings. The summed E-state index contributed by atoms with van der Waals surface area (Å²) in [6, 6.07) is 24.8. The van der Waals surface area contributed by atoms with Crippen LogP contribution in [0.2, 0.25) is 5.02 Å². The van der Waals surface area contributed by atoms with Crippen LogP contribution in [0, 0.1) is 6.92 Å². The maximum Gasteiger partial charge on any atom is 0.329 e. The molecule has 0 aliphatic carbocycles. The number of fused-ring (bicyclic) bond motifs is 1. The Morgan fingerprint density at radius 2 is 1.76 bits per heavy atom. The van der Waals surface area contributed by atoms with E-state index in [0.29, 0.717) is 28.7 Å². The molecule has 186 valence electrons. The highest BCUT2D eigenvalue weighted by Crippen LogP contribution is 2.38. The molecule has 0 saturated carbocycles. The molecule has 0 unspecified atom stereocenters. The zero-order chi connectivity index (χ0) is 25.9. The fraction of sp³-hybridized carbons (Fsp3) is 0.133. The number of nitrogens with one attached hydrogen (secondary N) is 1. The number of ether oxygens (including phenoxy) is 2. The lowest BCUT2D eigenvalue weighted by Crippen LogP contribution is -2.30. The van der Waals surface area contributed by atoms with Crippen LogP contribution in [0.25, 0.3) is 16.8 Å². The van der Waals surface area contributed by atoms with Crippen molar-refractivity contribution in [2.75, 3.05) is 7.11 Å². The van der Waals surface area contributed by atoms with Crippen LogP contribution in [0.1, 0.15) is 22.3 Å². The predicted octanol–water partition coefficient (Wildman–Crippen LogP) is 6.48. The number of halogens is 1. The van der Waals surface area contributed by atoms with Gasteiger partial charge in [-0.15, -0.1) is 0 Å². The summed E-state index contributed by atoms with van der Waals surface area (Å²) in [7, 11) is 1.53. The third kappa shape index (κ3) is 5.15. The second kappa shape index (κ2) is 10.4. The molecule has 0 radical (unpaired) electrons. The third-order valence-corrected chi connectivity index (χ3v) is 6.48. The second-order valence-corrected chi connectivity index (χ2v) is 9.24. The minimum Gasteiger partial charge on any atom is -0.493 e. The second-order valence-electron chi connectivity index (χ2n) is 8.83. The largest absolute Gasteiger partial charge is 0.493 e. The number of benzene rings is 4. The highest BCUT2D eigenvalue weighted by molar-refractivity contribution is 6.32. The number of carbonyl (C=O) groups excluding carboxylic acids is 2. The number of rotatable bonds is 7. The topological polar surface area (TPSA) is 67.9 Å². The number of hydrogen-bond donors (Lipinski definition) is 1. The molecule has 4 aromatic rings. The molecule has 1 N–H and O–H groups in total. The van der Waals surface area contributed by atoms with E-state index in [2.05, 4.69) is 23.5 Å². The van der Waals surface area contributed by atoms with E-state index >= 15 is 0 Å². The zero-order valence-electron chi connectivity index (χ0n) is 20.5. The smallest absolute Gasteiger partial charge is 0.329 e. The molecule has 0 aromatic heterocycles. The molecular weight excluding hydrogens is 488 g/mol. The van der Waals surface area contributed by atoms with Crippen LogP contribution in [-0.4, -0.2) is 23.9 Å². The van der Waals surface area contributed by atoms with Gasteiger partial charge in [-0.25, -0.2) is 4.79 Å².